The third kappa shape index (κ3) is 2.97. The molecule has 0 amide bonds. The molecule has 1 unspecified atom stereocenters. The predicted molar refractivity (Wildman–Crippen MR) is 83.1 cm³/mol. The zero-order valence-electron chi connectivity index (χ0n) is 10.6. The molecule has 2 aromatic rings. The number of halogens is 1. The van der Waals surface area contributed by atoms with E-state index in [0.29, 0.717) is 5.92 Å². The van der Waals surface area contributed by atoms with Crippen LogP contribution in [-0.2, 0) is 6.54 Å². The largest absolute Gasteiger partial charge is 0.312 e. The van der Waals surface area contributed by atoms with E-state index in [-0.39, 0.29) is 0 Å². The van der Waals surface area contributed by atoms with E-state index in [1.807, 2.05) is 30.0 Å². The molecule has 1 aliphatic rings. The number of thioether (sulfide) groups is 1. The summed E-state index contributed by atoms with van der Waals surface area (Å²) in [4.78, 5) is 1.44. The molecule has 0 bridgehead atoms. The van der Waals surface area contributed by atoms with Crippen molar-refractivity contribution in [2.75, 3.05) is 12.3 Å². The van der Waals surface area contributed by atoms with Gasteiger partial charge in [0, 0.05) is 34.7 Å². The van der Waals surface area contributed by atoms with Crippen LogP contribution in [0.5, 0.6) is 0 Å². The standard InChI is InChI=1S/C16H16ClNS/c17-15-7-3-1-5-12(15)9-18-10-13-11-19-16-8-4-2-6-14(13)16/h1-8,13,18H,9-11H2. The van der Waals surface area contributed by atoms with Crippen molar-refractivity contribution < 1.29 is 0 Å². The highest BCUT2D eigenvalue weighted by Gasteiger charge is 2.21. The number of benzene rings is 2. The maximum atomic E-state index is 6.16. The number of hydrogen-bond acceptors (Lipinski definition) is 2. The summed E-state index contributed by atoms with van der Waals surface area (Å²) in [6.07, 6.45) is 0. The first-order valence-electron chi connectivity index (χ1n) is 6.50. The molecule has 0 saturated carbocycles. The first-order chi connectivity index (χ1) is 9.34. The Morgan fingerprint density at radius 2 is 1.89 bits per heavy atom. The van der Waals surface area contributed by atoms with E-state index in [0.717, 1.165) is 18.1 Å². The molecular formula is C16H16ClNS. The molecule has 19 heavy (non-hydrogen) atoms. The summed E-state index contributed by atoms with van der Waals surface area (Å²) in [7, 11) is 0. The lowest BCUT2D eigenvalue weighted by Crippen LogP contribution is -2.21. The highest BCUT2D eigenvalue weighted by atomic mass is 35.5. The monoisotopic (exact) mass is 289 g/mol. The zero-order chi connectivity index (χ0) is 13.1. The van der Waals surface area contributed by atoms with Gasteiger partial charge in [-0.3, -0.25) is 0 Å². The fraction of sp³-hybridized carbons (Fsp3) is 0.250. The van der Waals surface area contributed by atoms with E-state index in [9.17, 15) is 0 Å². The second kappa shape index (κ2) is 6.00. The summed E-state index contributed by atoms with van der Waals surface area (Å²) in [6.45, 7) is 1.85. The maximum Gasteiger partial charge on any atom is 0.0450 e. The Hall–Kier alpha value is -0.960. The van der Waals surface area contributed by atoms with E-state index in [1.54, 1.807) is 0 Å². The van der Waals surface area contributed by atoms with Gasteiger partial charge in [0.25, 0.3) is 0 Å². The van der Waals surface area contributed by atoms with Crippen molar-refractivity contribution in [1.82, 2.24) is 5.32 Å². The number of hydrogen-bond donors (Lipinski definition) is 1. The Kier molecular flexibility index (Phi) is 4.12. The molecule has 3 rings (SSSR count). The minimum absolute atomic E-state index is 0.615. The summed E-state index contributed by atoms with van der Waals surface area (Å²) < 4.78 is 0. The molecule has 0 aliphatic carbocycles. The second-order valence-corrected chi connectivity index (χ2v) is 6.24. The Labute approximate surface area is 123 Å². The number of nitrogens with one attached hydrogen (secondary N) is 1. The van der Waals surface area contributed by atoms with Gasteiger partial charge in [-0.05, 0) is 23.3 Å². The molecule has 0 aromatic heterocycles. The van der Waals surface area contributed by atoms with Crippen molar-refractivity contribution in [3.05, 3.63) is 64.7 Å². The van der Waals surface area contributed by atoms with Crippen LogP contribution in [0.1, 0.15) is 17.0 Å². The molecule has 98 valence electrons. The summed E-state index contributed by atoms with van der Waals surface area (Å²) in [6, 6.07) is 16.7. The van der Waals surface area contributed by atoms with Crippen molar-refractivity contribution in [2.45, 2.75) is 17.4 Å². The van der Waals surface area contributed by atoms with E-state index in [4.69, 9.17) is 11.6 Å². The minimum atomic E-state index is 0.615. The Bertz CT molecular complexity index is 570. The van der Waals surface area contributed by atoms with Crippen LogP contribution in [0.15, 0.2) is 53.4 Å². The minimum Gasteiger partial charge on any atom is -0.312 e. The van der Waals surface area contributed by atoms with Crippen molar-refractivity contribution in [2.24, 2.45) is 0 Å². The molecule has 2 aromatic carbocycles. The van der Waals surface area contributed by atoms with Crippen molar-refractivity contribution in [3.8, 4) is 0 Å². The average molecular weight is 290 g/mol. The first kappa shape index (κ1) is 13.0. The lowest BCUT2D eigenvalue weighted by atomic mass is 10.0. The fourth-order valence-corrected chi connectivity index (χ4v) is 3.88. The number of rotatable bonds is 4. The molecule has 0 radical (unpaired) electrons. The van der Waals surface area contributed by atoms with E-state index in [2.05, 4.69) is 35.6 Å². The van der Waals surface area contributed by atoms with Crippen LogP contribution >= 0.6 is 23.4 Å². The van der Waals surface area contributed by atoms with Gasteiger partial charge in [0.15, 0.2) is 0 Å². The van der Waals surface area contributed by atoms with Gasteiger partial charge in [-0.1, -0.05) is 48.0 Å². The van der Waals surface area contributed by atoms with E-state index < -0.39 is 0 Å². The van der Waals surface area contributed by atoms with Crippen LogP contribution in [0.2, 0.25) is 5.02 Å². The number of fused-ring (bicyclic) bond motifs is 1. The predicted octanol–water partition coefficient (Wildman–Crippen LogP) is 4.32. The van der Waals surface area contributed by atoms with E-state index >= 15 is 0 Å². The van der Waals surface area contributed by atoms with E-state index in [1.165, 1.54) is 21.8 Å². The molecule has 1 atom stereocenters. The molecule has 0 fully saturated rings. The fourth-order valence-electron chi connectivity index (χ4n) is 2.42. The Morgan fingerprint density at radius 3 is 2.79 bits per heavy atom. The molecular weight excluding hydrogens is 274 g/mol. The molecule has 1 N–H and O–H groups in total. The highest BCUT2D eigenvalue weighted by Crippen LogP contribution is 2.38. The average Bonchev–Trinajstić information content (AvgIpc) is 2.85. The maximum absolute atomic E-state index is 6.16. The summed E-state index contributed by atoms with van der Waals surface area (Å²) in [5.74, 6) is 1.79. The van der Waals surface area contributed by atoms with Gasteiger partial charge in [-0.25, -0.2) is 0 Å². The van der Waals surface area contributed by atoms with Crippen LogP contribution in [0.25, 0.3) is 0 Å². The van der Waals surface area contributed by atoms with Crippen molar-refractivity contribution in [3.63, 3.8) is 0 Å². The lowest BCUT2D eigenvalue weighted by Gasteiger charge is -2.12. The van der Waals surface area contributed by atoms with Crippen molar-refractivity contribution >= 4 is 23.4 Å². The van der Waals surface area contributed by atoms with Gasteiger partial charge in [0.2, 0.25) is 0 Å². The van der Waals surface area contributed by atoms with Gasteiger partial charge in [0.05, 0.1) is 0 Å². The summed E-state index contributed by atoms with van der Waals surface area (Å²) in [5, 5.41) is 4.37. The molecule has 1 heterocycles. The van der Waals surface area contributed by atoms with Gasteiger partial charge < -0.3 is 5.32 Å². The Balaban J connectivity index is 1.58. The molecule has 1 aliphatic heterocycles. The lowest BCUT2D eigenvalue weighted by molar-refractivity contribution is 0.621. The second-order valence-electron chi connectivity index (χ2n) is 4.77. The van der Waals surface area contributed by atoms with Gasteiger partial charge >= 0.3 is 0 Å². The molecule has 3 heteroatoms. The quantitative estimate of drug-likeness (QED) is 0.900. The van der Waals surface area contributed by atoms with Gasteiger partial charge in [-0.15, -0.1) is 11.8 Å². The highest BCUT2D eigenvalue weighted by molar-refractivity contribution is 7.99. The van der Waals surface area contributed by atoms with Gasteiger partial charge in [-0.2, -0.15) is 0 Å². The first-order valence-corrected chi connectivity index (χ1v) is 7.87. The Morgan fingerprint density at radius 1 is 1.11 bits per heavy atom. The smallest absolute Gasteiger partial charge is 0.0450 e. The van der Waals surface area contributed by atoms with Crippen LogP contribution < -0.4 is 5.32 Å². The SMILES string of the molecule is Clc1ccccc1CNCC1CSc2ccccc21. The summed E-state index contributed by atoms with van der Waals surface area (Å²) >= 11 is 8.12. The third-order valence-corrected chi connectivity index (χ3v) is 5.08. The van der Waals surface area contributed by atoms with Crippen molar-refractivity contribution in [1.29, 1.82) is 0 Å². The topological polar surface area (TPSA) is 12.0 Å². The summed E-state index contributed by atoms with van der Waals surface area (Å²) in [5.41, 5.74) is 2.65. The van der Waals surface area contributed by atoms with Crippen LogP contribution in [-0.4, -0.2) is 12.3 Å². The molecule has 0 saturated heterocycles. The van der Waals surface area contributed by atoms with Crippen LogP contribution in [0, 0.1) is 0 Å². The zero-order valence-corrected chi connectivity index (χ0v) is 12.2. The van der Waals surface area contributed by atoms with Gasteiger partial charge in [0.1, 0.15) is 0 Å². The molecule has 1 nitrogen and oxygen atoms in total. The normalized spacial score (nSPS) is 17.4. The molecule has 0 spiro atoms. The van der Waals surface area contributed by atoms with Crippen LogP contribution in [0.3, 0.4) is 0 Å². The third-order valence-electron chi connectivity index (χ3n) is 3.46. The van der Waals surface area contributed by atoms with Crippen LogP contribution in [0.4, 0.5) is 0 Å².